The summed E-state index contributed by atoms with van der Waals surface area (Å²) in [5, 5.41) is 1.73. The van der Waals surface area contributed by atoms with Crippen LogP contribution in [0.3, 0.4) is 0 Å². The third-order valence-corrected chi connectivity index (χ3v) is 13.5. The van der Waals surface area contributed by atoms with Crippen LogP contribution in [0.2, 0.25) is 0 Å². The summed E-state index contributed by atoms with van der Waals surface area (Å²) in [6.45, 7) is -3.96. The Balaban J connectivity index is 1.42. The number of carbonyl (C=O) groups excluding carboxylic acids is 1. The number of rotatable bonds is 12. The van der Waals surface area contributed by atoms with Crippen LogP contribution in [-0.4, -0.2) is 34.9 Å². The molecule has 0 aliphatic carbocycles. The predicted molar refractivity (Wildman–Crippen MR) is 166 cm³/mol. The Labute approximate surface area is 248 Å². The van der Waals surface area contributed by atoms with Crippen molar-refractivity contribution < 1.29 is 27.2 Å². The second-order valence-electron chi connectivity index (χ2n) is 10.3. The van der Waals surface area contributed by atoms with Crippen molar-refractivity contribution in [2.75, 3.05) is 12.8 Å². The van der Waals surface area contributed by atoms with E-state index in [1.807, 2.05) is 18.2 Å². The van der Waals surface area contributed by atoms with Crippen LogP contribution in [0, 0.1) is 0 Å². The summed E-state index contributed by atoms with van der Waals surface area (Å²) in [7, 11) is 0. The molecular weight excluding hydrogens is 572 g/mol. The molecule has 0 atom stereocenters. The molecule has 0 saturated carbocycles. The molecule has 0 bridgehead atoms. The number of unbranched alkanes of at least 4 members (excludes halogenated alkanes) is 3. The molecule has 43 heavy (non-hydrogen) atoms. The summed E-state index contributed by atoms with van der Waals surface area (Å²) in [4.78, 5) is 21.4. The average molecular weight is 605 g/mol. The van der Waals surface area contributed by atoms with Gasteiger partial charge in [-0.1, -0.05) is 0 Å². The van der Waals surface area contributed by atoms with Gasteiger partial charge in [-0.25, -0.2) is 0 Å². The van der Waals surface area contributed by atoms with Crippen molar-refractivity contribution in [2.24, 2.45) is 0 Å². The van der Waals surface area contributed by atoms with Crippen LogP contribution < -0.4 is 20.7 Å². The number of hydrogen-bond acceptors (Lipinski definition) is 5. The molecule has 0 unspecified atom stereocenters. The van der Waals surface area contributed by atoms with Gasteiger partial charge in [-0.3, -0.25) is 0 Å². The van der Waals surface area contributed by atoms with Crippen LogP contribution in [-0.2, 0) is 9.32 Å². The van der Waals surface area contributed by atoms with Crippen LogP contribution in [0.4, 0.5) is 13.2 Å². The summed E-state index contributed by atoms with van der Waals surface area (Å²) in [6, 6.07) is 32.3. The zero-order chi connectivity index (χ0) is 30.2. The Morgan fingerprint density at radius 3 is 1.70 bits per heavy atom. The van der Waals surface area contributed by atoms with Crippen molar-refractivity contribution in [3.63, 3.8) is 0 Å². The van der Waals surface area contributed by atoms with Crippen LogP contribution in [0.5, 0.6) is 5.75 Å². The van der Waals surface area contributed by atoms with Gasteiger partial charge >= 0.3 is 243 Å². The Hall–Kier alpha value is -4.29. The topological polar surface area (TPSA) is 61.3 Å². The van der Waals surface area contributed by atoms with Gasteiger partial charge in [-0.2, -0.15) is 0 Å². The number of ether oxygens (including phenoxy) is 1. The van der Waals surface area contributed by atoms with E-state index in [9.17, 15) is 18.0 Å². The molecule has 0 saturated heterocycles. The molecule has 0 radical (unpaired) electrons. The van der Waals surface area contributed by atoms with Crippen molar-refractivity contribution in [1.29, 1.82) is 0 Å². The second-order valence-corrected chi connectivity index (χ2v) is 14.9. The van der Waals surface area contributed by atoms with Crippen molar-refractivity contribution >= 4 is 39.7 Å². The van der Waals surface area contributed by atoms with Gasteiger partial charge in [-0.05, 0) is 0 Å². The first-order chi connectivity index (χ1) is 20.8. The Bertz CT molecular complexity index is 1550. The molecular formula is C34H32F3N2O3P. The third-order valence-electron chi connectivity index (χ3n) is 7.61. The standard InChI is InChI=1S/C34H32F3N2O3P/c35-34(36,37)33(40)42-43(28-14-6-3-7-15-28,29-16-8-4-9-17-29,30-18-10-5-11-19-30)25-13-2-1-12-24-41-27-20-21-31-32(26-27)39-23-22-38-31/h3-11,14-23,26H,1-2,12-13,24-25H2. The van der Waals surface area contributed by atoms with Crippen LogP contribution in [0.15, 0.2) is 122 Å². The Kier molecular flexibility index (Phi) is 9.07. The number of carbonyl (C=O) groups is 1. The average Bonchev–Trinajstić information content (AvgIpc) is 3.04. The van der Waals surface area contributed by atoms with E-state index in [2.05, 4.69) is 9.97 Å². The predicted octanol–water partition coefficient (Wildman–Crippen LogP) is 7.12. The summed E-state index contributed by atoms with van der Waals surface area (Å²) in [6.07, 6.45) is 1.12. The number of benzene rings is 4. The SMILES string of the molecule is O=C(OP(CCCCCCOc1ccc2nccnc2c1)(c1ccccc1)(c1ccccc1)c1ccccc1)C(F)(F)F. The van der Waals surface area contributed by atoms with Gasteiger partial charge in [-0.15, -0.1) is 0 Å². The molecule has 0 aliphatic heterocycles. The molecule has 5 nitrogen and oxygen atoms in total. The molecule has 0 fully saturated rings. The second kappa shape index (κ2) is 12.9. The Morgan fingerprint density at radius 1 is 0.651 bits per heavy atom. The van der Waals surface area contributed by atoms with Gasteiger partial charge < -0.3 is 0 Å². The zero-order valence-electron chi connectivity index (χ0n) is 23.5. The van der Waals surface area contributed by atoms with E-state index in [1.54, 1.807) is 103 Å². The number of alkyl halides is 3. The molecule has 0 amide bonds. The van der Waals surface area contributed by atoms with E-state index in [1.165, 1.54) is 0 Å². The normalized spacial score (nSPS) is 12.8. The maximum absolute atomic E-state index is 14.0. The molecule has 1 aromatic heterocycles. The molecule has 0 aliphatic rings. The maximum atomic E-state index is 14.0. The Morgan fingerprint density at radius 2 is 1.16 bits per heavy atom. The molecule has 0 N–H and O–H groups in total. The third kappa shape index (κ3) is 6.25. The van der Waals surface area contributed by atoms with E-state index >= 15 is 0 Å². The van der Waals surface area contributed by atoms with Gasteiger partial charge in [0, 0.05) is 6.20 Å². The fraction of sp³-hybridized carbons (Fsp3) is 0.206. The number of nitrogens with zero attached hydrogens (tertiary/aromatic N) is 2. The number of halogens is 3. The number of aromatic nitrogens is 2. The quantitative estimate of drug-likeness (QED) is 0.112. The minimum atomic E-state index is -5.16. The van der Waals surface area contributed by atoms with Gasteiger partial charge in [0.15, 0.2) is 0 Å². The number of fused-ring (bicyclic) bond motifs is 1. The fourth-order valence-corrected chi connectivity index (χ4v) is 11.4. The monoisotopic (exact) mass is 604 g/mol. The van der Waals surface area contributed by atoms with E-state index in [4.69, 9.17) is 9.26 Å². The molecule has 5 rings (SSSR count). The molecule has 1 heterocycles. The summed E-state index contributed by atoms with van der Waals surface area (Å²) < 4.78 is 53.9. The van der Waals surface area contributed by atoms with Gasteiger partial charge in [0.2, 0.25) is 0 Å². The van der Waals surface area contributed by atoms with E-state index < -0.39 is 19.0 Å². The first kappa shape index (κ1) is 30.2. The van der Waals surface area contributed by atoms with Gasteiger partial charge in [0.25, 0.3) is 0 Å². The number of hydrogen-bond donors (Lipinski definition) is 0. The molecule has 4 aromatic carbocycles. The summed E-state index contributed by atoms with van der Waals surface area (Å²) >= 11 is 0. The van der Waals surface area contributed by atoms with Gasteiger partial charge in [0.05, 0.1) is 0 Å². The first-order valence-corrected chi connectivity index (χ1v) is 16.5. The van der Waals surface area contributed by atoms with E-state index in [0.29, 0.717) is 41.1 Å². The minimum absolute atomic E-state index is 0.232. The van der Waals surface area contributed by atoms with E-state index in [-0.39, 0.29) is 6.16 Å². The van der Waals surface area contributed by atoms with Crippen LogP contribution in [0.1, 0.15) is 25.7 Å². The fourth-order valence-electron chi connectivity index (χ4n) is 5.60. The van der Waals surface area contributed by atoms with Crippen molar-refractivity contribution in [1.82, 2.24) is 9.97 Å². The first-order valence-electron chi connectivity index (χ1n) is 14.2. The van der Waals surface area contributed by atoms with Crippen LogP contribution in [0.25, 0.3) is 11.0 Å². The summed E-state index contributed by atoms with van der Waals surface area (Å²) in [5.74, 6) is -1.48. The molecule has 9 heteroatoms. The van der Waals surface area contributed by atoms with Crippen molar-refractivity contribution in [3.8, 4) is 5.75 Å². The van der Waals surface area contributed by atoms with E-state index in [0.717, 1.165) is 23.9 Å². The summed E-state index contributed by atoms with van der Waals surface area (Å²) in [5.41, 5.74) is 1.54. The van der Waals surface area contributed by atoms with Gasteiger partial charge in [0.1, 0.15) is 0 Å². The molecule has 0 spiro atoms. The molecule has 222 valence electrons. The zero-order valence-corrected chi connectivity index (χ0v) is 24.4. The van der Waals surface area contributed by atoms with Crippen molar-refractivity contribution in [2.45, 2.75) is 31.9 Å². The van der Waals surface area contributed by atoms with Crippen LogP contribution >= 0.6 is 6.83 Å². The van der Waals surface area contributed by atoms with Crippen molar-refractivity contribution in [3.05, 3.63) is 122 Å². The molecule has 5 aromatic rings.